The molecule has 0 bridgehead atoms. The summed E-state index contributed by atoms with van der Waals surface area (Å²) < 4.78 is 38.8. The lowest BCUT2D eigenvalue weighted by molar-refractivity contribution is -0.137. The molecule has 0 saturated carbocycles. The van der Waals surface area contributed by atoms with E-state index >= 15 is 0 Å². The monoisotopic (exact) mass is 307 g/mol. The zero-order valence-corrected chi connectivity index (χ0v) is 12.9. The summed E-state index contributed by atoms with van der Waals surface area (Å²) in [7, 11) is 0. The summed E-state index contributed by atoms with van der Waals surface area (Å²) in [4.78, 5) is 0. The largest absolute Gasteiger partial charge is 0.416 e. The molecule has 0 aromatic heterocycles. The maximum atomic E-state index is 12.9. The van der Waals surface area contributed by atoms with Gasteiger partial charge in [-0.1, -0.05) is 42.0 Å². The molecule has 0 fully saturated rings. The standard InChI is InChI=1S/C18H20F3N/c1-12-9-16(11-17(10-12)18(19,20)21)14(3)22-13(2)15-7-5-4-6-8-15/h4-11,13-14,22H,1-3H3/t13-,14?/m1/s1. The molecule has 22 heavy (non-hydrogen) atoms. The van der Waals surface area contributed by atoms with Gasteiger partial charge in [-0.3, -0.25) is 0 Å². The molecule has 2 aromatic carbocycles. The molecule has 2 rings (SSSR count). The number of rotatable bonds is 4. The number of hydrogen-bond acceptors (Lipinski definition) is 1. The summed E-state index contributed by atoms with van der Waals surface area (Å²) in [5.74, 6) is 0. The van der Waals surface area contributed by atoms with Crippen molar-refractivity contribution in [1.82, 2.24) is 5.32 Å². The van der Waals surface area contributed by atoms with Crippen LogP contribution >= 0.6 is 0 Å². The fourth-order valence-corrected chi connectivity index (χ4v) is 2.54. The molecule has 0 amide bonds. The van der Waals surface area contributed by atoms with Gasteiger partial charge >= 0.3 is 6.18 Å². The summed E-state index contributed by atoms with van der Waals surface area (Å²) in [6.07, 6.45) is -4.31. The van der Waals surface area contributed by atoms with Gasteiger partial charge in [0.2, 0.25) is 0 Å². The predicted octanol–water partition coefficient (Wildman–Crippen LogP) is 5.43. The first-order valence-corrected chi connectivity index (χ1v) is 7.27. The normalized spacial score (nSPS) is 14.6. The Morgan fingerprint density at radius 1 is 0.864 bits per heavy atom. The molecule has 0 aliphatic heterocycles. The summed E-state index contributed by atoms with van der Waals surface area (Å²) in [5, 5.41) is 3.35. The van der Waals surface area contributed by atoms with Gasteiger partial charge in [0.1, 0.15) is 0 Å². The molecule has 0 aliphatic carbocycles. The lowest BCUT2D eigenvalue weighted by atomic mass is 10.00. The first kappa shape index (κ1) is 16.6. The van der Waals surface area contributed by atoms with Gasteiger partial charge in [-0.05, 0) is 44.0 Å². The highest BCUT2D eigenvalue weighted by atomic mass is 19.4. The van der Waals surface area contributed by atoms with Crippen molar-refractivity contribution in [2.75, 3.05) is 0 Å². The Morgan fingerprint density at radius 2 is 1.45 bits per heavy atom. The van der Waals surface area contributed by atoms with E-state index in [0.29, 0.717) is 11.1 Å². The summed E-state index contributed by atoms with van der Waals surface area (Å²) in [5.41, 5.74) is 1.78. The highest BCUT2D eigenvalue weighted by Crippen LogP contribution is 2.32. The second-order valence-electron chi connectivity index (χ2n) is 5.65. The van der Waals surface area contributed by atoms with E-state index in [9.17, 15) is 13.2 Å². The first-order chi connectivity index (χ1) is 10.3. The van der Waals surface area contributed by atoms with Crippen LogP contribution in [0.5, 0.6) is 0 Å². The molecule has 4 heteroatoms. The minimum absolute atomic E-state index is 0.0612. The van der Waals surface area contributed by atoms with E-state index in [-0.39, 0.29) is 12.1 Å². The molecule has 0 aliphatic rings. The molecule has 1 N–H and O–H groups in total. The molecule has 0 saturated heterocycles. The van der Waals surface area contributed by atoms with Crippen LogP contribution in [-0.2, 0) is 6.18 Å². The number of hydrogen-bond donors (Lipinski definition) is 1. The van der Waals surface area contributed by atoms with Crippen LogP contribution in [0, 0.1) is 6.92 Å². The smallest absolute Gasteiger partial charge is 0.304 e. The molecule has 2 aromatic rings. The van der Waals surface area contributed by atoms with Gasteiger partial charge in [0.05, 0.1) is 5.56 Å². The molecule has 1 unspecified atom stereocenters. The Labute approximate surface area is 129 Å². The molecule has 2 atom stereocenters. The quantitative estimate of drug-likeness (QED) is 0.794. The maximum absolute atomic E-state index is 12.9. The average molecular weight is 307 g/mol. The van der Waals surface area contributed by atoms with Gasteiger partial charge in [-0.25, -0.2) is 0 Å². The minimum atomic E-state index is -4.31. The third kappa shape index (κ3) is 4.10. The Bertz CT molecular complexity index is 620. The second-order valence-corrected chi connectivity index (χ2v) is 5.65. The van der Waals surface area contributed by atoms with Crippen LogP contribution in [0.2, 0.25) is 0 Å². The van der Waals surface area contributed by atoms with Crippen molar-refractivity contribution in [3.05, 3.63) is 70.8 Å². The second kappa shape index (κ2) is 6.53. The average Bonchev–Trinajstić information content (AvgIpc) is 2.46. The van der Waals surface area contributed by atoms with E-state index in [1.165, 1.54) is 12.1 Å². The first-order valence-electron chi connectivity index (χ1n) is 7.27. The van der Waals surface area contributed by atoms with Crippen molar-refractivity contribution in [1.29, 1.82) is 0 Å². The van der Waals surface area contributed by atoms with Gasteiger partial charge < -0.3 is 5.32 Å². The number of benzene rings is 2. The fraction of sp³-hybridized carbons (Fsp3) is 0.333. The summed E-state index contributed by atoms with van der Waals surface area (Å²) in [6, 6.07) is 13.9. The van der Waals surface area contributed by atoms with Crippen molar-refractivity contribution in [3.63, 3.8) is 0 Å². The zero-order valence-electron chi connectivity index (χ0n) is 12.9. The Morgan fingerprint density at radius 3 is 2.05 bits per heavy atom. The number of aryl methyl sites for hydroxylation is 1. The van der Waals surface area contributed by atoms with Gasteiger partial charge in [0, 0.05) is 12.1 Å². The van der Waals surface area contributed by atoms with Crippen molar-refractivity contribution in [3.8, 4) is 0 Å². The van der Waals surface area contributed by atoms with Gasteiger partial charge in [-0.15, -0.1) is 0 Å². The molecule has 1 nitrogen and oxygen atoms in total. The molecular formula is C18H20F3N. The van der Waals surface area contributed by atoms with Crippen LogP contribution < -0.4 is 5.32 Å². The highest BCUT2D eigenvalue weighted by Gasteiger charge is 2.31. The Balaban J connectivity index is 2.19. The molecular weight excluding hydrogens is 287 g/mol. The van der Waals surface area contributed by atoms with Crippen LogP contribution in [0.3, 0.4) is 0 Å². The number of nitrogens with one attached hydrogen (secondary N) is 1. The lowest BCUT2D eigenvalue weighted by Gasteiger charge is -2.22. The SMILES string of the molecule is Cc1cc(C(C)N[C@H](C)c2ccccc2)cc(C(F)(F)F)c1. The number of alkyl halides is 3. The molecule has 0 radical (unpaired) electrons. The topological polar surface area (TPSA) is 12.0 Å². The van der Waals surface area contributed by atoms with Crippen LogP contribution in [0.4, 0.5) is 13.2 Å². The fourth-order valence-electron chi connectivity index (χ4n) is 2.54. The third-order valence-electron chi connectivity index (χ3n) is 3.73. The van der Waals surface area contributed by atoms with E-state index < -0.39 is 11.7 Å². The summed E-state index contributed by atoms with van der Waals surface area (Å²) in [6.45, 7) is 5.58. The van der Waals surface area contributed by atoms with Gasteiger partial charge in [-0.2, -0.15) is 13.2 Å². The maximum Gasteiger partial charge on any atom is 0.416 e. The number of halogens is 3. The van der Waals surface area contributed by atoms with Crippen molar-refractivity contribution in [2.45, 2.75) is 39.0 Å². The Kier molecular flexibility index (Phi) is 4.91. The van der Waals surface area contributed by atoms with E-state index in [4.69, 9.17) is 0 Å². The van der Waals surface area contributed by atoms with E-state index in [2.05, 4.69) is 5.32 Å². The van der Waals surface area contributed by atoms with E-state index in [1.807, 2.05) is 44.2 Å². The molecule has 118 valence electrons. The zero-order chi connectivity index (χ0) is 16.3. The lowest BCUT2D eigenvalue weighted by Crippen LogP contribution is -2.23. The van der Waals surface area contributed by atoms with Crippen LogP contribution in [0.25, 0.3) is 0 Å². The molecule has 0 heterocycles. The molecule has 0 spiro atoms. The van der Waals surface area contributed by atoms with Crippen LogP contribution in [-0.4, -0.2) is 0 Å². The van der Waals surface area contributed by atoms with E-state index in [1.54, 1.807) is 13.0 Å². The van der Waals surface area contributed by atoms with Crippen molar-refractivity contribution >= 4 is 0 Å². The minimum Gasteiger partial charge on any atom is -0.304 e. The van der Waals surface area contributed by atoms with Crippen molar-refractivity contribution in [2.24, 2.45) is 0 Å². The van der Waals surface area contributed by atoms with Crippen LogP contribution in [0.15, 0.2) is 48.5 Å². The van der Waals surface area contributed by atoms with Crippen molar-refractivity contribution < 1.29 is 13.2 Å². The van der Waals surface area contributed by atoms with E-state index in [0.717, 1.165) is 5.56 Å². The van der Waals surface area contributed by atoms with Gasteiger partial charge in [0.25, 0.3) is 0 Å². The van der Waals surface area contributed by atoms with Crippen LogP contribution in [0.1, 0.15) is 48.2 Å². The van der Waals surface area contributed by atoms with Gasteiger partial charge in [0.15, 0.2) is 0 Å². The predicted molar refractivity (Wildman–Crippen MR) is 82.6 cm³/mol. The Hall–Kier alpha value is -1.81. The third-order valence-corrected chi connectivity index (χ3v) is 3.73. The summed E-state index contributed by atoms with van der Waals surface area (Å²) >= 11 is 0. The highest BCUT2D eigenvalue weighted by molar-refractivity contribution is 5.33.